The third-order valence-corrected chi connectivity index (χ3v) is 2.68. The number of carbonyl (C=O) groups is 1. The van der Waals surface area contributed by atoms with Crippen molar-refractivity contribution in [1.29, 1.82) is 0 Å². The van der Waals surface area contributed by atoms with Crippen LogP contribution in [0.25, 0.3) is 0 Å². The van der Waals surface area contributed by atoms with E-state index < -0.39 is 0 Å². The van der Waals surface area contributed by atoms with E-state index in [1.54, 1.807) is 24.3 Å². The van der Waals surface area contributed by atoms with E-state index in [0.29, 0.717) is 17.2 Å². The van der Waals surface area contributed by atoms with Crippen LogP contribution in [-0.4, -0.2) is 30.2 Å². The largest absolute Gasteiger partial charge is 0.496 e. The lowest BCUT2D eigenvalue weighted by atomic mass is 10.0. The van der Waals surface area contributed by atoms with Gasteiger partial charge in [0.15, 0.2) is 0 Å². The molecule has 98 valence electrons. The molecule has 5 nitrogen and oxygen atoms in total. The summed E-state index contributed by atoms with van der Waals surface area (Å²) in [4.78, 5) is 12.4. The van der Waals surface area contributed by atoms with Crippen LogP contribution in [0.4, 0.5) is 0 Å². The average molecular weight is 258 g/mol. The number of benzene rings is 1. The van der Waals surface area contributed by atoms with Gasteiger partial charge in [0, 0.05) is 6.07 Å². The predicted molar refractivity (Wildman–Crippen MR) is 69.7 cm³/mol. The summed E-state index contributed by atoms with van der Waals surface area (Å²) in [5.41, 5.74) is 1.71. The zero-order valence-electron chi connectivity index (χ0n) is 11.0. The lowest BCUT2D eigenvalue weighted by Gasteiger charge is -2.08. The molecule has 0 amide bonds. The first-order valence-electron chi connectivity index (χ1n) is 5.72. The third kappa shape index (κ3) is 2.70. The second-order valence-corrected chi connectivity index (χ2v) is 3.99. The van der Waals surface area contributed by atoms with Crippen LogP contribution >= 0.6 is 0 Å². The van der Waals surface area contributed by atoms with Crippen molar-refractivity contribution in [3.63, 3.8) is 0 Å². The Kier molecular flexibility index (Phi) is 3.75. The van der Waals surface area contributed by atoms with Crippen molar-refractivity contribution in [1.82, 2.24) is 10.2 Å². The monoisotopic (exact) mass is 258 g/mol. The van der Waals surface area contributed by atoms with Gasteiger partial charge < -0.3 is 9.47 Å². The molecular formula is C14H14N2O3. The van der Waals surface area contributed by atoms with Crippen molar-refractivity contribution in [3.8, 4) is 11.6 Å². The van der Waals surface area contributed by atoms with Crippen molar-refractivity contribution in [2.24, 2.45) is 0 Å². The van der Waals surface area contributed by atoms with E-state index >= 15 is 0 Å². The highest BCUT2D eigenvalue weighted by Crippen LogP contribution is 2.22. The molecule has 19 heavy (non-hydrogen) atoms. The molecule has 1 aromatic heterocycles. The van der Waals surface area contributed by atoms with Crippen LogP contribution in [0.15, 0.2) is 30.3 Å². The van der Waals surface area contributed by atoms with Crippen LogP contribution < -0.4 is 9.47 Å². The number of carbonyl (C=O) groups excluding carboxylic acids is 1. The lowest BCUT2D eigenvalue weighted by molar-refractivity contribution is 0.103. The Morgan fingerprint density at radius 3 is 2.42 bits per heavy atom. The highest BCUT2D eigenvalue weighted by atomic mass is 16.5. The molecule has 0 unspecified atom stereocenters. The van der Waals surface area contributed by atoms with Crippen molar-refractivity contribution in [3.05, 3.63) is 47.2 Å². The van der Waals surface area contributed by atoms with E-state index in [0.717, 1.165) is 5.56 Å². The standard InChI is InChI=1S/C14H14N2O3/c1-9-4-6-12(18-2)10(8-9)14(17)11-5-7-13(19-3)16-15-11/h4-8H,1-3H3. The van der Waals surface area contributed by atoms with E-state index in [4.69, 9.17) is 9.47 Å². The van der Waals surface area contributed by atoms with Gasteiger partial charge in [-0.1, -0.05) is 11.6 Å². The van der Waals surface area contributed by atoms with Gasteiger partial charge in [0.1, 0.15) is 11.4 Å². The van der Waals surface area contributed by atoms with Crippen LogP contribution in [0.3, 0.4) is 0 Å². The number of nitrogens with zero attached hydrogens (tertiary/aromatic N) is 2. The minimum absolute atomic E-state index is 0.226. The molecule has 0 bridgehead atoms. The Hall–Kier alpha value is -2.43. The smallest absolute Gasteiger partial charge is 0.233 e. The highest BCUT2D eigenvalue weighted by Gasteiger charge is 2.16. The molecule has 0 aliphatic carbocycles. The first kappa shape index (κ1) is 13.0. The molecule has 0 spiro atoms. The summed E-state index contributed by atoms with van der Waals surface area (Å²) in [7, 11) is 3.02. The number of ketones is 1. The number of hydrogen-bond donors (Lipinski definition) is 0. The van der Waals surface area contributed by atoms with Crippen molar-refractivity contribution < 1.29 is 14.3 Å². The van der Waals surface area contributed by atoms with Gasteiger partial charge >= 0.3 is 0 Å². The van der Waals surface area contributed by atoms with Gasteiger partial charge in [-0.2, -0.15) is 0 Å². The summed E-state index contributed by atoms with van der Waals surface area (Å²) in [6, 6.07) is 8.60. The molecule has 2 rings (SSSR count). The lowest BCUT2D eigenvalue weighted by Crippen LogP contribution is -2.07. The summed E-state index contributed by atoms with van der Waals surface area (Å²) in [5, 5.41) is 7.64. The first-order valence-corrected chi connectivity index (χ1v) is 5.72. The van der Waals surface area contributed by atoms with Gasteiger partial charge in [-0.3, -0.25) is 4.79 Å². The summed E-state index contributed by atoms with van der Waals surface area (Å²) in [5.74, 6) is 0.664. The molecule has 2 aromatic rings. The zero-order valence-corrected chi connectivity index (χ0v) is 11.0. The fraction of sp³-hybridized carbons (Fsp3) is 0.214. The minimum atomic E-state index is -0.226. The van der Waals surface area contributed by atoms with Gasteiger partial charge in [-0.25, -0.2) is 0 Å². The van der Waals surface area contributed by atoms with Crippen LogP contribution in [0.2, 0.25) is 0 Å². The van der Waals surface area contributed by atoms with E-state index in [9.17, 15) is 4.79 Å². The van der Waals surface area contributed by atoms with E-state index in [1.807, 2.05) is 13.0 Å². The third-order valence-electron chi connectivity index (χ3n) is 2.68. The van der Waals surface area contributed by atoms with Crippen molar-refractivity contribution in [2.75, 3.05) is 14.2 Å². The van der Waals surface area contributed by atoms with Crippen molar-refractivity contribution >= 4 is 5.78 Å². The number of aryl methyl sites for hydroxylation is 1. The maximum absolute atomic E-state index is 12.4. The second-order valence-electron chi connectivity index (χ2n) is 3.99. The number of rotatable bonds is 4. The molecule has 0 saturated carbocycles. The zero-order chi connectivity index (χ0) is 13.8. The SMILES string of the molecule is COc1ccc(C(=O)c2cc(C)ccc2OC)nn1. The number of aromatic nitrogens is 2. The van der Waals surface area contributed by atoms with Crippen LogP contribution in [0.1, 0.15) is 21.6 Å². The summed E-state index contributed by atoms with van der Waals surface area (Å²) in [6.45, 7) is 1.91. The van der Waals surface area contributed by atoms with Gasteiger partial charge in [0.05, 0.1) is 19.8 Å². The topological polar surface area (TPSA) is 61.3 Å². The van der Waals surface area contributed by atoms with E-state index in [2.05, 4.69) is 10.2 Å². The molecule has 0 aliphatic heterocycles. The molecule has 0 saturated heterocycles. The normalized spacial score (nSPS) is 10.1. The van der Waals surface area contributed by atoms with Gasteiger partial charge in [-0.15, -0.1) is 10.2 Å². The van der Waals surface area contributed by atoms with Crippen LogP contribution in [0, 0.1) is 6.92 Å². The molecule has 0 aliphatic rings. The number of methoxy groups -OCH3 is 2. The first-order chi connectivity index (χ1) is 9.15. The maximum Gasteiger partial charge on any atom is 0.233 e. The fourth-order valence-electron chi connectivity index (χ4n) is 1.69. The Bertz CT molecular complexity index is 594. The molecule has 5 heteroatoms. The van der Waals surface area contributed by atoms with Gasteiger partial charge in [0.25, 0.3) is 0 Å². The summed E-state index contributed by atoms with van der Waals surface area (Å²) < 4.78 is 10.1. The molecule has 0 radical (unpaired) electrons. The quantitative estimate of drug-likeness (QED) is 0.785. The summed E-state index contributed by atoms with van der Waals surface area (Å²) >= 11 is 0. The maximum atomic E-state index is 12.4. The molecule has 0 fully saturated rings. The minimum Gasteiger partial charge on any atom is -0.496 e. The van der Waals surface area contributed by atoms with Gasteiger partial charge in [-0.05, 0) is 25.1 Å². The Morgan fingerprint density at radius 1 is 1.05 bits per heavy atom. The number of ether oxygens (including phenoxy) is 2. The summed E-state index contributed by atoms with van der Waals surface area (Å²) in [6.07, 6.45) is 0. The Balaban J connectivity index is 2.40. The van der Waals surface area contributed by atoms with E-state index in [-0.39, 0.29) is 11.5 Å². The molecule has 0 atom stereocenters. The predicted octanol–water partition coefficient (Wildman–Crippen LogP) is 2.03. The van der Waals surface area contributed by atoms with Gasteiger partial charge in [0.2, 0.25) is 11.7 Å². The molecule has 0 N–H and O–H groups in total. The Morgan fingerprint density at radius 2 is 1.84 bits per heavy atom. The van der Waals surface area contributed by atoms with Crippen LogP contribution in [0.5, 0.6) is 11.6 Å². The van der Waals surface area contributed by atoms with E-state index in [1.165, 1.54) is 14.2 Å². The molecule has 1 aromatic carbocycles. The number of hydrogen-bond acceptors (Lipinski definition) is 5. The highest BCUT2D eigenvalue weighted by molar-refractivity contribution is 6.09. The molecule has 1 heterocycles. The Labute approximate surface area is 111 Å². The second kappa shape index (κ2) is 5.48. The van der Waals surface area contributed by atoms with Crippen molar-refractivity contribution in [2.45, 2.75) is 6.92 Å². The average Bonchev–Trinajstić information content (AvgIpc) is 2.46. The molecular weight excluding hydrogens is 244 g/mol. The van der Waals surface area contributed by atoms with Crippen LogP contribution in [-0.2, 0) is 0 Å². The fourth-order valence-corrected chi connectivity index (χ4v) is 1.69.